The molecule has 1 aliphatic heterocycles. The van der Waals surface area contributed by atoms with Crippen LogP contribution in [0.4, 0.5) is 0 Å². The molecule has 3 aromatic carbocycles. The van der Waals surface area contributed by atoms with Crippen molar-refractivity contribution < 1.29 is 9.59 Å². The van der Waals surface area contributed by atoms with Gasteiger partial charge in [-0.25, -0.2) is 0 Å². The summed E-state index contributed by atoms with van der Waals surface area (Å²) in [6, 6.07) is 27.6. The Labute approximate surface area is 236 Å². The Balaban J connectivity index is 1.44. The SMILES string of the molecule is NCCC[C@@H]1N[C@H](CNC(=O)C=Cc2ccc(Cl)cc2)CCN(CC(c2ccccc2)c2ccccc2)C1=O. The summed E-state index contributed by atoms with van der Waals surface area (Å²) in [6.07, 6.45) is 5.43. The average Bonchev–Trinajstić information content (AvgIpc) is 3.12. The maximum absolute atomic E-state index is 13.7. The molecule has 1 aliphatic rings. The highest BCUT2D eigenvalue weighted by Gasteiger charge is 2.32. The number of halogens is 1. The van der Waals surface area contributed by atoms with Crippen LogP contribution < -0.4 is 16.4 Å². The Hall–Kier alpha value is -3.45. The Morgan fingerprint density at radius 2 is 1.67 bits per heavy atom. The lowest BCUT2D eigenvalue weighted by atomic mass is 9.90. The van der Waals surface area contributed by atoms with Gasteiger partial charge in [-0.1, -0.05) is 84.4 Å². The van der Waals surface area contributed by atoms with Crippen molar-refractivity contribution >= 4 is 29.5 Å². The third kappa shape index (κ3) is 8.52. The molecule has 3 aromatic rings. The maximum atomic E-state index is 13.7. The van der Waals surface area contributed by atoms with Gasteiger partial charge in [0.05, 0.1) is 6.04 Å². The quantitative estimate of drug-likeness (QED) is 0.308. The molecule has 2 amide bonds. The van der Waals surface area contributed by atoms with E-state index in [4.69, 9.17) is 17.3 Å². The van der Waals surface area contributed by atoms with Crippen LogP contribution in [-0.2, 0) is 9.59 Å². The molecular weight excluding hydrogens is 508 g/mol. The van der Waals surface area contributed by atoms with E-state index in [2.05, 4.69) is 34.9 Å². The smallest absolute Gasteiger partial charge is 0.244 e. The topological polar surface area (TPSA) is 87.5 Å². The Morgan fingerprint density at radius 1 is 1.03 bits per heavy atom. The molecule has 4 rings (SSSR count). The third-order valence-corrected chi connectivity index (χ3v) is 7.37. The summed E-state index contributed by atoms with van der Waals surface area (Å²) in [6.45, 7) is 2.17. The second-order valence-electron chi connectivity index (χ2n) is 9.92. The van der Waals surface area contributed by atoms with Crippen molar-refractivity contribution in [1.82, 2.24) is 15.5 Å². The molecular formula is C32H37ClN4O2. The van der Waals surface area contributed by atoms with E-state index in [9.17, 15) is 9.59 Å². The predicted molar refractivity (Wildman–Crippen MR) is 158 cm³/mol. The first kappa shape index (κ1) is 28.6. The zero-order valence-corrected chi connectivity index (χ0v) is 22.9. The molecule has 1 heterocycles. The summed E-state index contributed by atoms with van der Waals surface area (Å²) < 4.78 is 0. The van der Waals surface area contributed by atoms with Crippen LogP contribution in [-0.4, -0.2) is 55.0 Å². The van der Waals surface area contributed by atoms with Crippen LogP contribution in [0.5, 0.6) is 0 Å². The van der Waals surface area contributed by atoms with Crippen LogP contribution in [0.3, 0.4) is 0 Å². The zero-order valence-electron chi connectivity index (χ0n) is 22.1. The molecule has 7 heteroatoms. The highest BCUT2D eigenvalue weighted by Crippen LogP contribution is 2.27. The minimum atomic E-state index is -0.338. The molecule has 0 aromatic heterocycles. The highest BCUT2D eigenvalue weighted by atomic mass is 35.5. The first-order valence-corrected chi connectivity index (χ1v) is 14.0. The molecule has 0 spiro atoms. The van der Waals surface area contributed by atoms with Gasteiger partial charge in [0.1, 0.15) is 0 Å². The number of hydrogen-bond acceptors (Lipinski definition) is 4. The fraction of sp³-hybridized carbons (Fsp3) is 0.312. The number of carbonyl (C=O) groups is 2. The second kappa shape index (κ2) is 14.6. The molecule has 4 N–H and O–H groups in total. The summed E-state index contributed by atoms with van der Waals surface area (Å²) in [5.41, 5.74) is 9.06. The lowest BCUT2D eigenvalue weighted by Crippen LogP contribution is -2.49. The second-order valence-corrected chi connectivity index (χ2v) is 10.4. The molecule has 2 atom stereocenters. The van der Waals surface area contributed by atoms with Crippen molar-refractivity contribution in [1.29, 1.82) is 0 Å². The Morgan fingerprint density at radius 3 is 2.28 bits per heavy atom. The molecule has 6 nitrogen and oxygen atoms in total. The number of nitrogens with two attached hydrogens (primary N) is 1. The van der Waals surface area contributed by atoms with Gasteiger partial charge in [0, 0.05) is 42.7 Å². The van der Waals surface area contributed by atoms with Gasteiger partial charge < -0.3 is 21.3 Å². The average molecular weight is 545 g/mol. The summed E-state index contributed by atoms with van der Waals surface area (Å²) >= 11 is 5.93. The van der Waals surface area contributed by atoms with Crippen molar-refractivity contribution in [3.63, 3.8) is 0 Å². The highest BCUT2D eigenvalue weighted by molar-refractivity contribution is 6.30. The molecule has 204 valence electrons. The van der Waals surface area contributed by atoms with E-state index in [1.807, 2.05) is 53.4 Å². The van der Waals surface area contributed by atoms with E-state index in [0.717, 1.165) is 18.4 Å². The van der Waals surface area contributed by atoms with Gasteiger partial charge in [-0.05, 0) is 60.7 Å². The van der Waals surface area contributed by atoms with Crippen molar-refractivity contribution in [2.75, 3.05) is 26.2 Å². The van der Waals surface area contributed by atoms with Gasteiger partial charge in [-0.3, -0.25) is 9.59 Å². The molecule has 1 saturated heterocycles. The molecule has 0 saturated carbocycles. The minimum Gasteiger partial charge on any atom is -0.351 e. The van der Waals surface area contributed by atoms with E-state index in [1.54, 1.807) is 18.2 Å². The number of hydrogen-bond donors (Lipinski definition) is 3. The predicted octanol–water partition coefficient (Wildman–Crippen LogP) is 4.60. The molecule has 1 fully saturated rings. The van der Waals surface area contributed by atoms with E-state index in [-0.39, 0.29) is 29.8 Å². The van der Waals surface area contributed by atoms with E-state index < -0.39 is 0 Å². The van der Waals surface area contributed by atoms with Gasteiger partial charge in [-0.15, -0.1) is 0 Å². The minimum absolute atomic E-state index is 0.0264. The number of amides is 2. The Bertz CT molecular complexity index is 1180. The molecule has 0 radical (unpaired) electrons. The monoisotopic (exact) mass is 544 g/mol. The molecule has 0 bridgehead atoms. The van der Waals surface area contributed by atoms with Crippen LogP contribution >= 0.6 is 11.6 Å². The third-order valence-electron chi connectivity index (χ3n) is 7.12. The van der Waals surface area contributed by atoms with E-state index in [0.29, 0.717) is 37.6 Å². The first-order chi connectivity index (χ1) is 19.0. The number of nitrogens with zero attached hydrogens (tertiary/aromatic N) is 1. The van der Waals surface area contributed by atoms with Crippen LogP contribution in [0.15, 0.2) is 91.0 Å². The number of benzene rings is 3. The van der Waals surface area contributed by atoms with Gasteiger partial charge >= 0.3 is 0 Å². The van der Waals surface area contributed by atoms with Crippen molar-refractivity contribution in [3.8, 4) is 0 Å². The first-order valence-electron chi connectivity index (χ1n) is 13.6. The van der Waals surface area contributed by atoms with Crippen LogP contribution in [0.25, 0.3) is 6.08 Å². The zero-order chi connectivity index (χ0) is 27.5. The maximum Gasteiger partial charge on any atom is 0.244 e. The lowest BCUT2D eigenvalue weighted by molar-refractivity contribution is -0.133. The van der Waals surface area contributed by atoms with Crippen molar-refractivity contribution in [2.45, 2.75) is 37.3 Å². The van der Waals surface area contributed by atoms with E-state index in [1.165, 1.54) is 17.2 Å². The summed E-state index contributed by atoms with van der Waals surface area (Å²) in [7, 11) is 0. The van der Waals surface area contributed by atoms with Crippen LogP contribution in [0.1, 0.15) is 41.9 Å². The standard InChI is InChI=1S/C32H37ClN4O2/c33-27-16-13-24(14-17-27)15-18-31(38)35-22-28-19-21-37(32(39)30(36-28)12-7-20-34)23-29(25-8-3-1-4-9-25)26-10-5-2-6-11-26/h1-6,8-11,13-18,28-30,36H,7,12,19-23,34H2,(H,35,38)/t28-,30-/m0/s1. The molecule has 0 unspecified atom stereocenters. The van der Waals surface area contributed by atoms with Gasteiger partial charge in [0.2, 0.25) is 11.8 Å². The lowest BCUT2D eigenvalue weighted by Gasteiger charge is -2.29. The van der Waals surface area contributed by atoms with Gasteiger partial charge in [-0.2, -0.15) is 0 Å². The van der Waals surface area contributed by atoms with Crippen LogP contribution in [0, 0.1) is 0 Å². The van der Waals surface area contributed by atoms with Crippen molar-refractivity contribution in [2.24, 2.45) is 5.73 Å². The van der Waals surface area contributed by atoms with Crippen LogP contribution in [0.2, 0.25) is 5.02 Å². The fourth-order valence-electron chi connectivity index (χ4n) is 4.98. The summed E-state index contributed by atoms with van der Waals surface area (Å²) in [5, 5.41) is 7.17. The van der Waals surface area contributed by atoms with Gasteiger partial charge in [0.25, 0.3) is 0 Å². The number of rotatable bonds is 11. The largest absolute Gasteiger partial charge is 0.351 e. The Kier molecular flexibility index (Phi) is 10.7. The molecule has 0 aliphatic carbocycles. The normalized spacial score (nSPS) is 17.9. The number of carbonyl (C=O) groups excluding carboxylic acids is 2. The number of nitrogens with one attached hydrogen (secondary N) is 2. The fourth-order valence-corrected chi connectivity index (χ4v) is 5.10. The molecule has 39 heavy (non-hydrogen) atoms. The summed E-state index contributed by atoms with van der Waals surface area (Å²) in [4.78, 5) is 28.2. The van der Waals surface area contributed by atoms with E-state index >= 15 is 0 Å². The summed E-state index contributed by atoms with van der Waals surface area (Å²) in [5.74, 6) is -0.0107. The van der Waals surface area contributed by atoms with Gasteiger partial charge in [0.15, 0.2) is 0 Å². The van der Waals surface area contributed by atoms with Crippen molar-refractivity contribution in [3.05, 3.63) is 113 Å².